The smallest absolute Gasteiger partial charge is 0.0848 e. The minimum absolute atomic E-state index is 0.471. The molecule has 0 bridgehead atoms. The molecule has 0 radical (unpaired) electrons. The lowest BCUT2D eigenvalue weighted by molar-refractivity contribution is 0.175. The molecule has 4 heteroatoms. The van der Waals surface area contributed by atoms with Crippen LogP contribution < -0.4 is 0 Å². The van der Waals surface area contributed by atoms with E-state index in [9.17, 15) is 5.11 Å². The van der Waals surface area contributed by atoms with Crippen LogP contribution in [0.25, 0.3) is 0 Å². The van der Waals surface area contributed by atoms with Crippen LogP contribution in [-0.4, -0.2) is 14.9 Å². The van der Waals surface area contributed by atoms with Crippen LogP contribution >= 0.6 is 11.6 Å². The van der Waals surface area contributed by atoms with Gasteiger partial charge < -0.3 is 5.11 Å². The van der Waals surface area contributed by atoms with E-state index >= 15 is 0 Å². The second-order valence-corrected chi connectivity index (χ2v) is 5.41. The van der Waals surface area contributed by atoms with Crippen molar-refractivity contribution in [2.45, 2.75) is 33.3 Å². The number of hydrogen-bond donors (Lipinski definition) is 1. The summed E-state index contributed by atoms with van der Waals surface area (Å²) in [6.45, 7) is 5.98. The Bertz CT molecular complexity index is 604. The molecule has 0 fully saturated rings. The molecule has 0 aliphatic rings. The van der Waals surface area contributed by atoms with Gasteiger partial charge in [-0.2, -0.15) is 5.10 Å². The molecule has 0 spiro atoms. The fourth-order valence-electron chi connectivity index (χ4n) is 2.17. The minimum Gasteiger partial charge on any atom is -0.388 e. The number of benzene rings is 1. The van der Waals surface area contributed by atoms with E-state index < -0.39 is 6.10 Å². The Morgan fingerprint density at radius 2 is 1.95 bits per heavy atom. The first-order chi connectivity index (χ1) is 8.90. The van der Waals surface area contributed by atoms with Gasteiger partial charge in [0.15, 0.2) is 0 Å². The number of halogens is 1. The van der Waals surface area contributed by atoms with Gasteiger partial charge in [0.1, 0.15) is 0 Å². The molecule has 102 valence electrons. The summed E-state index contributed by atoms with van der Waals surface area (Å²) in [4.78, 5) is 0. The van der Waals surface area contributed by atoms with Gasteiger partial charge in [-0.3, -0.25) is 4.68 Å². The highest BCUT2D eigenvalue weighted by molar-refractivity contribution is 6.31. The Kier molecular flexibility index (Phi) is 3.97. The molecule has 1 heterocycles. The van der Waals surface area contributed by atoms with Gasteiger partial charge in [0.05, 0.1) is 22.5 Å². The van der Waals surface area contributed by atoms with Crippen LogP contribution in [0.1, 0.15) is 34.2 Å². The zero-order valence-electron chi connectivity index (χ0n) is 11.7. The Morgan fingerprint density at radius 1 is 1.26 bits per heavy atom. The van der Waals surface area contributed by atoms with Crippen LogP contribution in [0.3, 0.4) is 0 Å². The summed E-state index contributed by atoms with van der Waals surface area (Å²) in [5.74, 6) is 0. The van der Waals surface area contributed by atoms with E-state index in [-0.39, 0.29) is 0 Å². The molecule has 0 aliphatic heterocycles. The molecular formula is C15H19ClN2O. The quantitative estimate of drug-likeness (QED) is 0.936. The van der Waals surface area contributed by atoms with Gasteiger partial charge in [0, 0.05) is 13.5 Å². The van der Waals surface area contributed by atoms with Gasteiger partial charge in [-0.15, -0.1) is 0 Å². The highest BCUT2D eigenvalue weighted by atomic mass is 35.5. The van der Waals surface area contributed by atoms with Gasteiger partial charge in [0.2, 0.25) is 0 Å². The fraction of sp³-hybridized carbons (Fsp3) is 0.400. The predicted octanol–water partition coefficient (Wildman–Crippen LogP) is 3.27. The zero-order valence-corrected chi connectivity index (χ0v) is 12.5. The van der Waals surface area contributed by atoms with Crippen molar-refractivity contribution >= 4 is 11.6 Å². The number of aryl methyl sites for hydroxylation is 4. The number of hydrogen-bond acceptors (Lipinski definition) is 2. The number of rotatable bonds is 3. The monoisotopic (exact) mass is 278 g/mol. The van der Waals surface area contributed by atoms with E-state index in [1.54, 1.807) is 4.68 Å². The molecule has 0 saturated heterocycles. The molecule has 1 N–H and O–H groups in total. The highest BCUT2D eigenvalue weighted by Crippen LogP contribution is 2.26. The zero-order chi connectivity index (χ0) is 14.2. The van der Waals surface area contributed by atoms with Crippen molar-refractivity contribution in [3.05, 3.63) is 51.3 Å². The minimum atomic E-state index is -0.563. The molecule has 0 saturated carbocycles. The standard InChI is InChI=1S/C15H19ClN2O/c1-9-5-6-12(7-10(9)2)14(19)8-13-15(16)11(3)17-18(13)4/h5-7,14,19H,8H2,1-4H3. The number of aromatic nitrogens is 2. The van der Waals surface area contributed by atoms with Crippen molar-refractivity contribution in [1.29, 1.82) is 0 Å². The van der Waals surface area contributed by atoms with E-state index in [4.69, 9.17) is 11.6 Å². The molecule has 1 atom stereocenters. The van der Waals surface area contributed by atoms with E-state index in [1.807, 2.05) is 39.1 Å². The summed E-state index contributed by atoms with van der Waals surface area (Å²) in [7, 11) is 1.85. The topological polar surface area (TPSA) is 38.1 Å². The van der Waals surface area contributed by atoms with Gasteiger partial charge in [-0.1, -0.05) is 29.8 Å². The first-order valence-corrected chi connectivity index (χ1v) is 6.71. The Balaban J connectivity index is 2.25. The summed E-state index contributed by atoms with van der Waals surface area (Å²) in [5.41, 5.74) is 4.99. The summed E-state index contributed by atoms with van der Waals surface area (Å²) < 4.78 is 1.74. The second kappa shape index (κ2) is 5.35. The molecular weight excluding hydrogens is 260 g/mol. The summed E-state index contributed by atoms with van der Waals surface area (Å²) >= 11 is 6.21. The fourth-order valence-corrected chi connectivity index (χ4v) is 2.41. The van der Waals surface area contributed by atoms with Crippen molar-refractivity contribution in [2.75, 3.05) is 0 Å². The van der Waals surface area contributed by atoms with Gasteiger partial charge in [-0.25, -0.2) is 0 Å². The summed E-state index contributed by atoms with van der Waals surface area (Å²) in [5, 5.41) is 15.3. The third-order valence-electron chi connectivity index (χ3n) is 3.56. The van der Waals surface area contributed by atoms with Crippen molar-refractivity contribution in [3.63, 3.8) is 0 Å². The van der Waals surface area contributed by atoms with E-state index in [1.165, 1.54) is 11.1 Å². The summed E-state index contributed by atoms with van der Waals surface area (Å²) in [6, 6.07) is 6.02. The van der Waals surface area contributed by atoms with Crippen LogP contribution in [0.5, 0.6) is 0 Å². The van der Waals surface area contributed by atoms with Crippen molar-refractivity contribution in [3.8, 4) is 0 Å². The molecule has 2 aromatic rings. The molecule has 1 unspecified atom stereocenters. The molecule has 0 aliphatic carbocycles. The number of aliphatic hydroxyl groups is 1. The highest BCUT2D eigenvalue weighted by Gasteiger charge is 2.16. The Labute approximate surface area is 118 Å². The maximum absolute atomic E-state index is 10.3. The van der Waals surface area contributed by atoms with Crippen LogP contribution in [0.2, 0.25) is 5.02 Å². The largest absolute Gasteiger partial charge is 0.388 e. The second-order valence-electron chi connectivity index (χ2n) is 5.03. The predicted molar refractivity (Wildman–Crippen MR) is 77.5 cm³/mol. The number of nitrogens with zero attached hydrogens (tertiary/aromatic N) is 2. The normalized spacial score (nSPS) is 12.7. The van der Waals surface area contributed by atoms with E-state index in [0.29, 0.717) is 11.4 Å². The van der Waals surface area contributed by atoms with Crippen molar-refractivity contribution in [2.24, 2.45) is 7.05 Å². The van der Waals surface area contributed by atoms with Gasteiger partial charge >= 0.3 is 0 Å². The Morgan fingerprint density at radius 3 is 2.47 bits per heavy atom. The lowest BCUT2D eigenvalue weighted by Crippen LogP contribution is -2.07. The first kappa shape index (κ1) is 14.1. The lowest BCUT2D eigenvalue weighted by atomic mass is 10.00. The van der Waals surface area contributed by atoms with Crippen LogP contribution in [-0.2, 0) is 13.5 Å². The third kappa shape index (κ3) is 2.82. The molecule has 0 amide bonds. The Hall–Kier alpha value is -1.32. The van der Waals surface area contributed by atoms with Gasteiger partial charge in [0.25, 0.3) is 0 Å². The summed E-state index contributed by atoms with van der Waals surface area (Å²) in [6.07, 6.45) is -0.0924. The average Bonchev–Trinajstić information content (AvgIpc) is 2.59. The van der Waals surface area contributed by atoms with E-state index in [0.717, 1.165) is 17.0 Å². The maximum Gasteiger partial charge on any atom is 0.0848 e. The van der Waals surface area contributed by atoms with Crippen LogP contribution in [0.15, 0.2) is 18.2 Å². The van der Waals surface area contributed by atoms with Gasteiger partial charge in [-0.05, 0) is 37.5 Å². The van der Waals surface area contributed by atoms with E-state index in [2.05, 4.69) is 12.0 Å². The van der Waals surface area contributed by atoms with Crippen LogP contribution in [0, 0.1) is 20.8 Å². The number of aliphatic hydroxyl groups excluding tert-OH is 1. The SMILES string of the molecule is Cc1ccc(C(O)Cc2c(Cl)c(C)nn2C)cc1C. The third-order valence-corrected chi connectivity index (χ3v) is 4.06. The molecule has 3 nitrogen and oxygen atoms in total. The van der Waals surface area contributed by atoms with Crippen molar-refractivity contribution < 1.29 is 5.11 Å². The molecule has 19 heavy (non-hydrogen) atoms. The average molecular weight is 279 g/mol. The lowest BCUT2D eigenvalue weighted by Gasteiger charge is -2.13. The van der Waals surface area contributed by atoms with Crippen molar-refractivity contribution in [1.82, 2.24) is 9.78 Å². The molecule has 1 aromatic carbocycles. The maximum atomic E-state index is 10.3. The van der Waals surface area contributed by atoms with Crippen LogP contribution in [0.4, 0.5) is 0 Å². The first-order valence-electron chi connectivity index (χ1n) is 6.33. The molecule has 2 rings (SSSR count). The molecule has 1 aromatic heterocycles.